The normalized spacial score (nSPS) is 25.5. The Hall–Kier alpha value is 0.270. The number of hydrogen-bond donors (Lipinski definition) is 1. The topological polar surface area (TPSA) is 15.3 Å². The van der Waals surface area contributed by atoms with Crippen LogP contribution >= 0.6 is 11.8 Å². The first-order chi connectivity index (χ1) is 7.90. The highest BCUT2D eigenvalue weighted by Crippen LogP contribution is 2.27. The van der Waals surface area contributed by atoms with Gasteiger partial charge < -0.3 is 5.32 Å². The third-order valence-electron chi connectivity index (χ3n) is 3.62. The van der Waals surface area contributed by atoms with Gasteiger partial charge in [0.05, 0.1) is 0 Å². The van der Waals surface area contributed by atoms with Crippen molar-refractivity contribution in [1.82, 2.24) is 10.2 Å². The Morgan fingerprint density at radius 3 is 2.81 bits per heavy atom. The van der Waals surface area contributed by atoms with Crippen molar-refractivity contribution in [1.29, 1.82) is 0 Å². The van der Waals surface area contributed by atoms with Crippen LogP contribution in [0.1, 0.15) is 39.0 Å². The summed E-state index contributed by atoms with van der Waals surface area (Å²) in [6, 6.07) is 1.73. The molecule has 0 aromatic heterocycles. The van der Waals surface area contributed by atoms with E-state index in [-0.39, 0.29) is 0 Å². The number of nitrogens with zero attached hydrogens (tertiary/aromatic N) is 1. The molecule has 1 saturated carbocycles. The standard InChI is InChI=1S/C13H26N2S/c1-2-16-10-4-9-15(13-6-7-13)11-12-5-3-8-14-12/h12-14H,2-11H2,1H3. The molecule has 2 nitrogen and oxygen atoms in total. The van der Waals surface area contributed by atoms with Crippen molar-refractivity contribution in [2.75, 3.05) is 31.1 Å². The second-order valence-electron chi connectivity index (χ2n) is 5.07. The summed E-state index contributed by atoms with van der Waals surface area (Å²) < 4.78 is 0. The summed E-state index contributed by atoms with van der Waals surface area (Å²) in [7, 11) is 0. The molecule has 1 N–H and O–H groups in total. The van der Waals surface area contributed by atoms with Gasteiger partial charge in [0.2, 0.25) is 0 Å². The summed E-state index contributed by atoms with van der Waals surface area (Å²) in [4.78, 5) is 2.75. The predicted octanol–water partition coefficient (Wildman–Crippen LogP) is 2.35. The Balaban J connectivity index is 1.63. The van der Waals surface area contributed by atoms with Gasteiger partial charge in [0, 0.05) is 18.6 Å². The molecule has 1 unspecified atom stereocenters. The lowest BCUT2D eigenvalue weighted by molar-refractivity contribution is 0.240. The molecule has 2 rings (SSSR count). The van der Waals surface area contributed by atoms with Gasteiger partial charge in [-0.15, -0.1) is 0 Å². The molecule has 3 heteroatoms. The molecular weight excluding hydrogens is 216 g/mol. The Labute approximate surface area is 105 Å². The van der Waals surface area contributed by atoms with Gasteiger partial charge in [-0.25, -0.2) is 0 Å². The zero-order chi connectivity index (χ0) is 11.2. The van der Waals surface area contributed by atoms with E-state index in [9.17, 15) is 0 Å². The maximum atomic E-state index is 3.62. The molecule has 0 spiro atoms. The van der Waals surface area contributed by atoms with Crippen LogP contribution < -0.4 is 5.32 Å². The van der Waals surface area contributed by atoms with Gasteiger partial charge in [0.25, 0.3) is 0 Å². The fraction of sp³-hybridized carbons (Fsp3) is 1.00. The minimum Gasteiger partial charge on any atom is -0.313 e. The summed E-state index contributed by atoms with van der Waals surface area (Å²) in [6.07, 6.45) is 7.06. The van der Waals surface area contributed by atoms with Crippen LogP contribution in [0.3, 0.4) is 0 Å². The third-order valence-corrected chi connectivity index (χ3v) is 4.60. The zero-order valence-corrected chi connectivity index (χ0v) is 11.4. The van der Waals surface area contributed by atoms with E-state index in [1.165, 1.54) is 63.2 Å². The first kappa shape index (κ1) is 12.7. The predicted molar refractivity (Wildman–Crippen MR) is 73.2 cm³/mol. The summed E-state index contributed by atoms with van der Waals surface area (Å²) in [5.74, 6) is 2.62. The molecule has 0 aromatic carbocycles. The van der Waals surface area contributed by atoms with Crippen LogP contribution in [0.25, 0.3) is 0 Å². The van der Waals surface area contributed by atoms with Gasteiger partial charge in [-0.05, 0) is 56.7 Å². The summed E-state index contributed by atoms with van der Waals surface area (Å²) in [5.41, 5.74) is 0. The van der Waals surface area contributed by atoms with E-state index in [1.54, 1.807) is 0 Å². The van der Waals surface area contributed by atoms with Crippen molar-refractivity contribution < 1.29 is 0 Å². The summed E-state index contributed by atoms with van der Waals surface area (Å²) in [6.45, 7) is 6.14. The van der Waals surface area contributed by atoms with Crippen LogP contribution in [0.2, 0.25) is 0 Å². The van der Waals surface area contributed by atoms with Crippen LogP contribution in [0, 0.1) is 0 Å². The molecular formula is C13H26N2S. The van der Waals surface area contributed by atoms with Crippen molar-refractivity contribution in [3.05, 3.63) is 0 Å². The second-order valence-corrected chi connectivity index (χ2v) is 6.46. The molecule has 16 heavy (non-hydrogen) atoms. The van der Waals surface area contributed by atoms with Crippen molar-refractivity contribution in [2.45, 2.75) is 51.1 Å². The number of nitrogens with one attached hydrogen (secondary N) is 1. The van der Waals surface area contributed by atoms with Gasteiger partial charge in [0.15, 0.2) is 0 Å². The highest BCUT2D eigenvalue weighted by atomic mass is 32.2. The molecule has 0 radical (unpaired) electrons. The van der Waals surface area contributed by atoms with Crippen LogP contribution in [0.5, 0.6) is 0 Å². The van der Waals surface area contributed by atoms with E-state index in [0.29, 0.717) is 0 Å². The van der Waals surface area contributed by atoms with Gasteiger partial charge in [-0.3, -0.25) is 4.90 Å². The molecule has 94 valence electrons. The lowest BCUT2D eigenvalue weighted by Gasteiger charge is -2.25. The van der Waals surface area contributed by atoms with E-state index in [1.807, 2.05) is 0 Å². The first-order valence-electron chi connectivity index (χ1n) is 6.95. The van der Waals surface area contributed by atoms with E-state index < -0.39 is 0 Å². The molecule has 1 aliphatic heterocycles. The quantitative estimate of drug-likeness (QED) is 0.658. The Kier molecular flexibility index (Phi) is 5.46. The fourth-order valence-electron chi connectivity index (χ4n) is 2.57. The Morgan fingerprint density at radius 2 is 2.19 bits per heavy atom. The van der Waals surface area contributed by atoms with Crippen LogP contribution in [-0.2, 0) is 0 Å². The van der Waals surface area contributed by atoms with Crippen LogP contribution in [0.15, 0.2) is 0 Å². The molecule has 1 aliphatic carbocycles. The number of thioether (sulfide) groups is 1. The average Bonchev–Trinajstić information content (AvgIpc) is 3.02. The smallest absolute Gasteiger partial charge is 0.0195 e. The molecule has 0 bridgehead atoms. The molecule has 2 aliphatic rings. The van der Waals surface area contributed by atoms with Crippen LogP contribution in [-0.4, -0.2) is 48.1 Å². The molecule has 1 saturated heterocycles. The van der Waals surface area contributed by atoms with E-state index in [4.69, 9.17) is 0 Å². The van der Waals surface area contributed by atoms with Gasteiger partial charge in [-0.1, -0.05) is 6.92 Å². The molecule has 0 aromatic rings. The second kappa shape index (κ2) is 6.87. The lowest BCUT2D eigenvalue weighted by Crippen LogP contribution is -2.39. The average molecular weight is 242 g/mol. The summed E-state index contributed by atoms with van der Waals surface area (Å²) >= 11 is 2.08. The van der Waals surface area contributed by atoms with E-state index in [2.05, 4.69) is 28.9 Å². The van der Waals surface area contributed by atoms with E-state index >= 15 is 0 Å². The SMILES string of the molecule is CCSCCCN(CC1CCCN1)C1CC1. The number of hydrogen-bond acceptors (Lipinski definition) is 3. The fourth-order valence-corrected chi connectivity index (χ4v) is 3.19. The highest BCUT2D eigenvalue weighted by Gasteiger charge is 2.30. The minimum absolute atomic E-state index is 0.791. The minimum atomic E-state index is 0.791. The molecule has 2 fully saturated rings. The number of rotatable bonds is 8. The third kappa shape index (κ3) is 4.27. The monoisotopic (exact) mass is 242 g/mol. The molecule has 0 amide bonds. The maximum absolute atomic E-state index is 3.62. The first-order valence-corrected chi connectivity index (χ1v) is 8.11. The highest BCUT2D eigenvalue weighted by molar-refractivity contribution is 7.99. The van der Waals surface area contributed by atoms with Crippen molar-refractivity contribution in [3.63, 3.8) is 0 Å². The zero-order valence-electron chi connectivity index (χ0n) is 10.6. The Morgan fingerprint density at radius 1 is 1.31 bits per heavy atom. The van der Waals surface area contributed by atoms with Gasteiger partial charge in [-0.2, -0.15) is 11.8 Å². The molecule has 1 heterocycles. The largest absolute Gasteiger partial charge is 0.313 e. The van der Waals surface area contributed by atoms with Crippen molar-refractivity contribution in [3.8, 4) is 0 Å². The van der Waals surface area contributed by atoms with Gasteiger partial charge in [0.1, 0.15) is 0 Å². The van der Waals surface area contributed by atoms with Crippen molar-refractivity contribution >= 4 is 11.8 Å². The van der Waals surface area contributed by atoms with Gasteiger partial charge >= 0.3 is 0 Å². The maximum Gasteiger partial charge on any atom is 0.0195 e. The van der Waals surface area contributed by atoms with E-state index in [0.717, 1.165) is 12.1 Å². The Bertz CT molecular complexity index is 188. The summed E-state index contributed by atoms with van der Waals surface area (Å²) in [5, 5.41) is 3.62. The lowest BCUT2D eigenvalue weighted by atomic mass is 10.2. The molecule has 1 atom stereocenters. The van der Waals surface area contributed by atoms with Crippen LogP contribution in [0.4, 0.5) is 0 Å². The van der Waals surface area contributed by atoms with Crippen molar-refractivity contribution in [2.24, 2.45) is 0 Å².